The standard InChI is InChI=1S/C10H12N2O/c1-12-6-10(7-12)9-8(5-13-10)3-2-4-11-9/h2-4H,5-7H2,1H3. The monoisotopic (exact) mass is 176 g/mol. The van der Waals surface area contributed by atoms with Crippen molar-refractivity contribution < 1.29 is 4.74 Å². The Hall–Kier alpha value is -0.930. The van der Waals surface area contributed by atoms with Crippen LogP contribution in [0.2, 0.25) is 0 Å². The van der Waals surface area contributed by atoms with Gasteiger partial charge in [0.2, 0.25) is 0 Å². The van der Waals surface area contributed by atoms with Crippen LogP contribution < -0.4 is 0 Å². The van der Waals surface area contributed by atoms with Crippen LogP contribution >= 0.6 is 0 Å². The molecule has 3 heterocycles. The zero-order valence-electron chi connectivity index (χ0n) is 7.66. The maximum atomic E-state index is 5.81. The van der Waals surface area contributed by atoms with E-state index in [0.29, 0.717) is 0 Å². The van der Waals surface area contributed by atoms with Gasteiger partial charge in [0.25, 0.3) is 0 Å². The Morgan fingerprint density at radius 3 is 3.15 bits per heavy atom. The summed E-state index contributed by atoms with van der Waals surface area (Å²) in [5.41, 5.74) is 2.36. The first-order chi connectivity index (χ1) is 6.30. The van der Waals surface area contributed by atoms with Gasteiger partial charge in [-0.2, -0.15) is 0 Å². The van der Waals surface area contributed by atoms with Crippen molar-refractivity contribution in [3.8, 4) is 0 Å². The van der Waals surface area contributed by atoms with E-state index in [1.807, 2.05) is 12.3 Å². The summed E-state index contributed by atoms with van der Waals surface area (Å²) in [6, 6.07) is 4.08. The van der Waals surface area contributed by atoms with E-state index in [9.17, 15) is 0 Å². The van der Waals surface area contributed by atoms with Crippen LogP contribution in [0.15, 0.2) is 18.3 Å². The van der Waals surface area contributed by atoms with Gasteiger partial charge >= 0.3 is 0 Å². The average Bonchev–Trinajstić information content (AvgIpc) is 2.45. The summed E-state index contributed by atoms with van der Waals surface area (Å²) < 4.78 is 5.81. The Morgan fingerprint density at radius 1 is 1.54 bits per heavy atom. The molecule has 3 rings (SSSR count). The summed E-state index contributed by atoms with van der Waals surface area (Å²) in [5.74, 6) is 0. The SMILES string of the molecule is CN1CC2(C1)OCc1cccnc12. The predicted molar refractivity (Wildman–Crippen MR) is 48.2 cm³/mol. The molecule has 68 valence electrons. The van der Waals surface area contributed by atoms with Crippen molar-refractivity contribution >= 4 is 0 Å². The van der Waals surface area contributed by atoms with E-state index in [0.717, 1.165) is 25.4 Å². The number of ether oxygens (including phenoxy) is 1. The van der Waals surface area contributed by atoms with Crippen LogP contribution in [0.4, 0.5) is 0 Å². The fraction of sp³-hybridized carbons (Fsp3) is 0.500. The van der Waals surface area contributed by atoms with Gasteiger partial charge in [0, 0.05) is 24.8 Å². The second-order valence-electron chi connectivity index (χ2n) is 3.97. The molecule has 3 nitrogen and oxygen atoms in total. The number of pyridine rings is 1. The zero-order chi connectivity index (χ0) is 8.89. The number of likely N-dealkylation sites (N-methyl/N-ethyl adjacent to an activating group) is 1. The largest absolute Gasteiger partial charge is 0.361 e. The minimum atomic E-state index is -0.0641. The maximum absolute atomic E-state index is 5.81. The van der Waals surface area contributed by atoms with E-state index in [2.05, 4.69) is 23.0 Å². The van der Waals surface area contributed by atoms with Crippen LogP contribution in [-0.2, 0) is 16.9 Å². The van der Waals surface area contributed by atoms with Gasteiger partial charge in [-0.05, 0) is 13.1 Å². The number of fused-ring (bicyclic) bond motifs is 2. The lowest BCUT2D eigenvalue weighted by molar-refractivity contribution is -0.134. The predicted octanol–water partition coefficient (Wildman–Crippen LogP) is 0.753. The summed E-state index contributed by atoms with van der Waals surface area (Å²) in [6.07, 6.45) is 1.85. The van der Waals surface area contributed by atoms with E-state index >= 15 is 0 Å². The molecule has 0 saturated carbocycles. The molecule has 1 saturated heterocycles. The minimum Gasteiger partial charge on any atom is -0.361 e. The highest BCUT2D eigenvalue weighted by Crippen LogP contribution is 2.41. The molecule has 0 atom stereocenters. The van der Waals surface area contributed by atoms with Gasteiger partial charge in [-0.1, -0.05) is 6.07 Å². The lowest BCUT2D eigenvalue weighted by Gasteiger charge is -2.44. The Bertz CT molecular complexity index is 339. The molecule has 0 radical (unpaired) electrons. The fourth-order valence-corrected chi connectivity index (χ4v) is 2.32. The summed E-state index contributed by atoms with van der Waals surface area (Å²) >= 11 is 0. The van der Waals surface area contributed by atoms with Crippen molar-refractivity contribution in [1.82, 2.24) is 9.88 Å². The van der Waals surface area contributed by atoms with Crippen LogP contribution in [-0.4, -0.2) is 30.0 Å². The first-order valence-electron chi connectivity index (χ1n) is 4.57. The van der Waals surface area contributed by atoms with E-state index in [-0.39, 0.29) is 5.60 Å². The molecule has 1 fully saturated rings. The van der Waals surface area contributed by atoms with E-state index < -0.39 is 0 Å². The van der Waals surface area contributed by atoms with Crippen molar-refractivity contribution in [1.29, 1.82) is 0 Å². The molecule has 0 aliphatic carbocycles. The third-order valence-corrected chi connectivity index (χ3v) is 2.88. The maximum Gasteiger partial charge on any atom is 0.136 e. The topological polar surface area (TPSA) is 25.4 Å². The van der Waals surface area contributed by atoms with Gasteiger partial charge in [-0.15, -0.1) is 0 Å². The van der Waals surface area contributed by atoms with Crippen molar-refractivity contribution in [3.05, 3.63) is 29.6 Å². The highest BCUT2D eigenvalue weighted by molar-refractivity contribution is 5.32. The molecule has 1 aromatic rings. The Kier molecular flexibility index (Phi) is 1.32. The molecule has 3 heteroatoms. The Balaban J connectivity index is 2.04. The number of nitrogens with zero attached hydrogens (tertiary/aromatic N) is 2. The third kappa shape index (κ3) is 0.885. The lowest BCUT2D eigenvalue weighted by Crippen LogP contribution is -2.57. The number of aromatic nitrogens is 1. The van der Waals surface area contributed by atoms with Crippen LogP contribution in [0.3, 0.4) is 0 Å². The molecular formula is C10H12N2O. The lowest BCUT2D eigenvalue weighted by atomic mass is 9.90. The molecule has 13 heavy (non-hydrogen) atoms. The smallest absolute Gasteiger partial charge is 0.136 e. The van der Waals surface area contributed by atoms with Crippen LogP contribution in [0.1, 0.15) is 11.3 Å². The number of likely N-dealkylation sites (tertiary alicyclic amines) is 1. The normalized spacial score (nSPS) is 24.4. The first kappa shape index (κ1) is 7.47. The van der Waals surface area contributed by atoms with Gasteiger partial charge in [-0.25, -0.2) is 0 Å². The quantitative estimate of drug-likeness (QED) is 0.583. The first-order valence-corrected chi connectivity index (χ1v) is 4.57. The van der Waals surface area contributed by atoms with Gasteiger partial charge in [0.15, 0.2) is 0 Å². The molecule has 2 aliphatic heterocycles. The fourth-order valence-electron chi connectivity index (χ4n) is 2.32. The number of hydrogen-bond acceptors (Lipinski definition) is 3. The van der Waals surface area contributed by atoms with E-state index in [1.54, 1.807) is 0 Å². The molecule has 0 amide bonds. The Labute approximate surface area is 77.3 Å². The summed E-state index contributed by atoms with van der Waals surface area (Å²) in [5, 5.41) is 0. The molecule has 0 N–H and O–H groups in total. The van der Waals surface area contributed by atoms with Crippen LogP contribution in [0.25, 0.3) is 0 Å². The summed E-state index contributed by atoms with van der Waals surface area (Å²) in [7, 11) is 2.11. The second-order valence-corrected chi connectivity index (χ2v) is 3.97. The third-order valence-electron chi connectivity index (χ3n) is 2.88. The molecule has 1 aromatic heterocycles. The van der Waals surface area contributed by atoms with Crippen molar-refractivity contribution in [2.45, 2.75) is 12.2 Å². The van der Waals surface area contributed by atoms with Gasteiger partial charge in [-0.3, -0.25) is 9.88 Å². The highest BCUT2D eigenvalue weighted by Gasteiger charge is 2.49. The van der Waals surface area contributed by atoms with Crippen LogP contribution in [0.5, 0.6) is 0 Å². The zero-order valence-corrected chi connectivity index (χ0v) is 7.66. The summed E-state index contributed by atoms with van der Waals surface area (Å²) in [4.78, 5) is 6.67. The molecule has 0 aromatic carbocycles. The average molecular weight is 176 g/mol. The highest BCUT2D eigenvalue weighted by atomic mass is 16.5. The second kappa shape index (κ2) is 2.30. The number of rotatable bonds is 0. The van der Waals surface area contributed by atoms with Gasteiger partial charge < -0.3 is 4.74 Å². The van der Waals surface area contributed by atoms with Crippen molar-refractivity contribution in [3.63, 3.8) is 0 Å². The summed E-state index contributed by atoms with van der Waals surface area (Å²) in [6.45, 7) is 2.70. The van der Waals surface area contributed by atoms with Crippen LogP contribution in [0, 0.1) is 0 Å². The van der Waals surface area contributed by atoms with Gasteiger partial charge in [0.05, 0.1) is 12.3 Å². The van der Waals surface area contributed by atoms with E-state index in [1.165, 1.54) is 5.56 Å². The van der Waals surface area contributed by atoms with Crippen molar-refractivity contribution in [2.24, 2.45) is 0 Å². The van der Waals surface area contributed by atoms with E-state index in [4.69, 9.17) is 4.74 Å². The minimum absolute atomic E-state index is 0.0641. The van der Waals surface area contributed by atoms with Crippen molar-refractivity contribution in [2.75, 3.05) is 20.1 Å². The Morgan fingerprint density at radius 2 is 2.38 bits per heavy atom. The molecular weight excluding hydrogens is 164 g/mol. The molecule has 2 aliphatic rings. The van der Waals surface area contributed by atoms with Gasteiger partial charge in [0.1, 0.15) is 5.60 Å². The molecule has 1 spiro atoms. The molecule has 0 bridgehead atoms. The number of hydrogen-bond donors (Lipinski definition) is 0. The molecule has 0 unspecified atom stereocenters.